The molecule has 170 valence electrons. The van der Waals surface area contributed by atoms with Crippen LogP contribution in [0.15, 0.2) is 48.7 Å². The molecule has 0 radical (unpaired) electrons. The van der Waals surface area contributed by atoms with Gasteiger partial charge in [-0.05, 0) is 104 Å². The standard InChI is InChI=1S/C32H32N2/c1-18-15-20(3)30-24(16-18)29-27-22(11-14-33-29)17-23(21-9-12-32(4,5)13-10-21)28-26-19(2)7-6-8-25(26)34(30)31(27)28/h6-8,11,14-17,21H,9-10,12-13H2,1-5H3. The Morgan fingerprint density at radius 2 is 1.65 bits per heavy atom. The summed E-state index contributed by atoms with van der Waals surface area (Å²) in [6.07, 6.45) is 7.18. The van der Waals surface area contributed by atoms with E-state index in [2.05, 4.69) is 81.5 Å². The first-order chi connectivity index (χ1) is 16.3. The monoisotopic (exact) mass is 444 g/mol. The van der Waals surface area contributed by atoms with E-state index in [0.717, 1.165) is 5.52 Å². The van der Waals surface area contributed by atoms with Gasteiger partial charge in [-0.2, -0.15) is 0 Å². The predicted molar refractivity (Wildman–Crippen MR) is 146 cm³/mol. The molecule has 1 fully saturated rings. The van der Waals surface area contributed by atoms with Crippen molar-refractivity contribution in [3.8, 4) is 0 Å². The highest BCUT2D eigenvalue weighted by atomic mass is 14.9. The number of hydrogen-bond donors (Lipinski definition) is 0. The van der Waals surface area contributed by atoms with Crippen LogP contribution in [0.5, 0.6) is 0 Å². The minimum Gasteiger partial charge on any atom is -0.308 e. The first kappa shape index (κ1) is 20.3. The summed E-state index contributed by atoms with van der Waals surface area (Å²) >= 11 is 0. The maximum atomic E-state index is 4.98. The van der Waals surface area contributed by atoms with Crippen molar-refractivity contribution >= 4 is 49.0 Å². The molecule has 1 saturated carbocycles. The van der Waals surface area contributed by atoms with Crippen LogP contribution in [0.4, 0.5) is 0 Å². The number of benzene rings is 3. The van der Waals surface area contributed by atoms with E-state index in [9.17, 15) is 0 Å². The molecule has 6 aromatic rings. The number of pyridine rings is 2. The van der Waals surface area contributed by atoms with Crippen molar-refractivity contribution in [1.82, 2.24) is 9.38 Å². The molecular weight excluding hydrogens is 412 g/mol. The van der Waals surface area contributed by atoms with Gasteiger partial charge < -0.3 is 4.40 Å². The normalized spacial score (nSPS) is 17.2. The summed E-state index contributed by atoms with van der Waals surface area (Å²) in [4.78, 5) is 4.98. The molecule has 2 heteroatoms. The van der Waals surface area contributed by atoms with Crippen LogP contribution in [0.2, 0.25) is 0 Å². The fourth-order valence-corrected chi connectivity index (χ4v) is 7.02. The number of aromatic nitrogens is 2. The lowest BCUT2D eigenvalue weighted by Crippen LogP contribution is -2.20. The molecule has 7 rings (SSSR count). The summed E-state index contributed by atoms with van der Waals surface area (Å²) in [5.41, 5.74) is 11.2. The van der Waals surface area contributed by atoms with Gasteiger partial charge in [0.2, 0.25) is 0 Å². The highest BCUT2D eigenvalue weighted by molar-refractivity contribution is 6.29. The second kappa shape index (κ2) is 6.72. The predicted octanol–water partition coefficient (Wildman–Crippen LogP) is 8.99. The van der Waals surface area contributed by atoms with Crippen LogP contribution in [-0.4, -0.2) is 9.38 Å². The number of nitrogens with zero attached hydrogens (tertiary/aromatic N) is 2. The van der Waals surface area contributed by atoms with E-state index in [1.165, 1.54) is 85.9 Å². The Bertz CT molecular complexity index is 1760. The smallest absolute Gasteiger partial charge is 0.0822 e. The molecule has 3 heterocycles. The molecule has 3 aromatic heterocycles. The summed E-state index contributed by atoms with van der Waals surface area (Å²) in [6.45, 7) is 11.6. The first-order valence-electron chi connectivity index (χ1n) is 12.8. The molecule has 0 bridgehead atoms. The van der Waals surface area contributed by atoms with Gasteiger partial charge in [0, 0.05) is 27.7 Å². The van der Waals surface area contributed by atoms with Crippen LogP contribution in [0.3, 0.4) is 0 Å². The van der Waals surface area contributed by atoms with Crippen molar-refractivity contribution < 1.29 is 0 Å². The minimum atomic E-state index is 0.465. The van der Waals surface area contributed by atoms with Crippen molar-refractivity contribution in [2.24, 2.45) is 5.41 Å². The number of hydrogen-bond acceptors (Lipinski definition) is 1. The van der Waals surface area contributed by atoms with Crippen LogP contribution >= 0.6 is 0 Å². The highest BCUT2D eigenvalue weighted by Crippen LogP contribution is 2.49. The number of fused-ring (bicyclic) bond motifs is 6. The maximum absolute atomic E-state index is 4.98. The van der Waals surface area contributed by atoms with E-state index >= 15 is 0 Å². The number of aryl methyl sites for hydroxylation is 3. The SMILES string of the molecule is Cc1cc(C)c2c(c1)c1nccc3cc(C4CCC(C)(C)CC4)c4c5c(C)cccc5n2c4c31. The minimum absolute atomic E-state index is 0.465. The van der Waals surface area contributed by atoms with Crippen LogP contribution in [0, 0.1) is 26.2 Å². The Balaban J connectivity index is 1.75. The summed E-state index contributed by atoms with van der Waals surface area (Å²) in [7, 11) is 0. The summed E-state index contributed by atoms with van der Waals surface area (Å²) < 4.78 is 2.58. The van der Waals surface area contributed by atoms with E-state index in [0.29, 0.717) is 11.3 Å². The van der Waals surface area contributed by atoms with Crippen LogP contribution in [0.1, 0.15) is 67.7 Å². The molecule has 2 nitrogen and oxygen atoms in total. The maximum Gasteiger partial charge on any atom is 0.0822 e. The second-order valence-corrected chi connectivity index (χ2v) is 11.7. The van der Waals surface area contributed by atoms with Gasteiger partial charge in [-0.3, -0.25) is 4.98 Å². The Kier molecular flexibility index (Phi) is 4.00. The van der Waals surface area contributed by atoms with Crippen LogP contribution in [0.25, 0.3) is 49.0 Å². The quantitative estimate of drug-likeness (QED) is 0.183. The lowest BCUT2D eigenvalue weighted by atomic mass is 9.70. The van der Waals surface area contributed by atoms with Gasteiger partial charge in [-0.1, -0.05) is 37.6 Å². The molecule has 0 spiro atoms. The Morgan fingerprint density at radius 3 is 2.44 bits per heavy atom. The third-order valence-corrected chi connectivity index (χ3v) is 8.72. The molecule has 34 heavy (non-hydrogen) atoms. The Morgan fingerprint density at radius 1 is 0.853 bits per heavy atom. The fraction of sp³-hybridized carbons (Fsp3) is 0.344. The van der Waals surface area contributed by atoms with Crippen molar-refractivity contribution in [1.29, 1.82) is 0 Å². The molecule has 0 saturated heterocycles. The second-order valence-electron chi connectivity index (χ2n) is 11.7. The molecule has 0 aliphatic heterocycles. The summed E-state index contributed by atoms with van der Waals surface area (Å²) in [5, 5.41) is 6.84. The van der Waals surface area contributed by atoms with Crippen molar-refractivity contribution in [2.45, 2.75) is 66.2 Å². The van der Waals surface area contributed by atoms with Crippen LogP contribution in [-0.2, 0) is 0 Å². The topological polar surface area (TPSA) is 17.3 Å². The van der Waals surface area contributed by atoms with Gasteiger partial charge in [-0.25, -0.2) is 0 Å². The van der Waals surface area contributed by atoms with E-state index in [1.54, 1.807) is 5.56 Å². The van der Waals surface area contributed by atoms with E-state index in [-0.39, 0.29) is 0 Å². The molecule has 0 amide bonds. The molecule has 3 aromatic carbocycles. The van der Waals surface area contributed by atoms with Crippen molar-refractivity contribution in [2.75, 3.05) is 0 Å². The van der Waals surface area contributed by atoms with E-state index < -0.39 is 0 Å². The fourth-order valence-electron chi connectivity index (χ4n) is 7.02. The van der Waals surface area contributed by atoms with E-state index in [1.807, 2.05) is 6.20 Å². The molecular formula is C32H32N2. The first-order valence-corrected chi connectivity index (χ1v) is 12.8. The van der Waals surface area contributed by atoms with Crippen molar-refractivity contribution in [3.05, 3.63) is 70.9 Å². The largest absolute Gasteiger partial charge is 0.308 e. The Hall–Kier alpha value is -3.13. The third-order valence-electron chi connectivity index (χ3n) is 8.72. The molecule has 0 N–H and O–H groups in total. The van der Waals surface area contributed by atoms with Crippen LogP contribution < -0.4 is 0 Å². The van der Waals surface area contributed by atoms with E-state index in [4.69, 9.17) is 4.98 Å². The molecule has 1 aliphatic carbocycles. The summed E-state index contributed by atoms with van der Waals surface area (Å²) in [6, 6.07) is 16.2. The molecule has 0 unspecified atom stereocenters. The zero-order chi connectivity index (χ0) is 23.4. The van der Waals surface area contributed by atoms with Crippen molar-refractivity contribution in [3.63, 3.8) is 0 Å². The van der Waals surface area contributed by atoms with Gasteiger partial charge in [0.15, 0.2) is 0 Å². The zero-order valence-corrected chi connectivity index (χ0v) is 20.9. The number of rotatable bonds is 1. The highest BCUT2D eigenvalue weighted by Gasteiger charge is 2.31. The lowest BCUT2D eigenvalue weighted by molar-refractivity contribution is 0.225. The van der Waals surface area contributed by atoms with Gasteiger partial charge in [0.1, 0.15) is 0 Å². The van der Waals surface area contributed by atoms with Gasteiger partial charge in [0.05, 0.1) is 22.1 Å². The lowest BCUT2D eigenvalue weighted by Gasteiger charge is -2.35. The average Bonchev–Trinajstić information content (AvgIpc) is 3.15. The molecule has 1 aliphatic rings. The van der Waals surface area contributed by atoms with Gasteiger partial charge in [-0.15, -0.1) is 0 Å². The van der Waals surface area contributed by atoms with Gasteiger partial charge in [0.25, 0.3) is 0 Å². The molecule has 0 atom stereocenters. The summed E-state index contributed by atoms with van der Waals surface area (Å²) in [5.74, 6) is 0.619. The zero-order valence-electron chi connectivity index (χ0n) is 20.9. The van der Waals surface area contributed by atoms with Gasteiger partial charge >= 0.3 is 0 Å². The average molecular weight is 445 g/mol. The Labute approximate surface area is 200 Å². The third kappa shape index (κ3) is 2.60.